The molecule has 4 rings (SSSR count). The monoisotopic (exact) mass is 362 g/mol. The molecule has 2 aromatic carbocycles. The Morgan fingerprint density at radius 2 is 1.85 bits per heavy atom. The number of ketones is 1. The zero-order chi connectivity index (χ0) is 18.6. The number of amides is 1. The van der Waals surface area contributed by atoms with E-state index in [1.165, 1.54) is 10.9 Å². The van der Waals surface area contributed by atoms with E-state index in [1.807, 2.05) is 24.4 Å². The van der Waals surface area contributed by atoms with Crippen LogP contribution in [0.4, 0.5) is 0 Å². The summed E-state index contributed by atoms with van der Waals surface area (Å²) in [5.74, 6) is 0.857. The van der Waals surface area contributed by atoms with Gasteiger partial charge in [-0.25, -0.2) is 0 Å². The number of aromatic nitrogens is 1. The van der Waals surface area contributed by atoms with Gasteiger partial charge < -0.3 is 15.0 Å². The number of rotatable bonds is 8. The van der Waals surface area contributed by atoms with Gasteiger partial charge >= 0.3 is 0 Å². The Hall–Kier alpha value is -3.08. The lowest BCUT2D eigenvalue weighted by molar-refractivity contribution is -0.122. The first-order valence-electron chi connectivity index (χ1n) is 9.29. The zero-order valence-corrected chi connectivity index (χ0v) is 15.0. The van der Waals surface area contributed by atoms with Crippen LogP contribution in [-0.2, 0) is 11.2 Å². The SMILES string of the molecule is O=C(NCCc1c[nH]c2ccccc12)c1ccc(OCC(=O)C2CC2)cc1. The second-order valence-corrected chi connectivity index (χ2v) is 6.92. The Labute approximate surface area is 157 Å². The highest BCUT2D eigenvalue weighted by atomic mass is 16.5. The van der Waals surface area contributed by atoms with Crippen LogP contribution in [0.2, 0.25) is 0 Å². The van der Waals surface area contributed by atoms with E-state index in [9.17, 15) is 9.59 Å². The van der Waals surface area contributed by atoms with Crippen LogP contribution in [0.25, 0.3) is 10.9 Å². The molecule has 0 aliphatic heterocycles. The molecule has 138 valence electrons. The molecule has 1 fully saturated rings. The average Bonchev–Trinajstić information content (AvgIpc) is 3.48. The molecular formula is C22H22N2O3. The van der Waals surface area contributed by atoms with Crippen LogP contribution in [0.5, 0.6) is 5.75 Å². The third-order valence-electron chi connectivity index (χ3n) is 4.89. The highest BCUT2D eigenvalue weighted by molar-refractivity contribution is 5.94. The lowest BCUT2D eigenvalue weighted by Gasteiger charge is -2.07. The Kier molecular flexibility index (Phi) is 4.92. The van der Waals surface area contributed by atoms with Gasteiger partial charge in [-0.2, -0.15) is 0 Å². The van der Waals surface area contributed by atoms with E-state index >= 15 is 0 Å². The molecule has 1 aliphatic rings. The number of fused-ring (bicyclic) bond motifs is 1. The largest absolute Gasteiger partial charge is 0.486 e. The molecule has 0 bridgehead atoms. The fraction of sp³-hybridized carbons (Fsp3) is 0.273. The third kappa shape index (κ3) is 4.19. The molecule has 1 aliphatic carbocycles. The standard InChI is InChI=1S/C22H22N2O3/c25-21(15-5-6-15)14-27-18-9-7-16(8-10-18)22(26)23-12-11-17-13-24-20-4-2-1-3-19(17)20/h1-4,7-10,13,15,24H,5-6,11-12,14H2,(H,23,26). The van der Waals surface area contributed by atoms with Gasteiger partial charge in [-0.1, -0.05) is 18.2 Å². The third-order valence-corrected chi connectivity index (χ3v) is 4.89. The van der Waals surface area contributed by atoms with Crippen molar-refractivity contribution in [1.29, 1.82) is 0 Å². The second-order valence-electron chi connectivity index (χ2n) is 6.92. The summed E-state index contributed by atoms with van der Waals surface area (Å²) in [5.41, 5.74) is 2.87. The van der Waals surface area contributed by atoms with Crippen LogP contribution in [-0.4, -0.2) is 29.8 Å². The molecular weight excluding hydrogens is 340 g/mol. The first-order valence-corrected chi connectivity index (χ1v) is 9.29. The topological polar surface area (TPSA) is 71.2 Å². The van der Waals surface area contributed by atoms with Crippen molar-refractivity contribution in [1.82, 2.24) is 10.3 Å². The van der Waals surface area contributed by atoms with Crippen molar-refractivity contribution in [2.45, 2.75) is 19.3 Å². The summed E-state index contributed by atoms with van der Waals surface area (Å²) < 4.78 is 5.49. The van der Waals surface area contributed by atoms with E-state index in [0.717, 1.165) is 24.8 Å². The maximum Gasteiger partial charge on any atom is 0.251 e. The summed E-state index contributed by atoms with van der Waals surface area (Å²) >= 11 is 0. The average molecular weight is 362 g/mol. The minimum absolute atomic E-state index is 0.112. The molecule has 1 saturated carbocycles. The van der Waals surface area contributed by atoms with Crippen molar-refractivity contribution >= 4 is 22.6 Å². The van der Waals surface area contributed by atoms with E-state index in [2.05, 4.69) is 16.4 Å². The number of carbonyl (C=O) groups excluding carboxylic acids is 2. The summed E-state index contributed by atoms with van der Waals surface area (Å²) in [5, 5.41) is 4.14. The number of carbonyl (C=O) groups is 2. The predicted octanol–water partition coefficient (Wildman–Crippen LogP) is 3.50. The van der Waals surface area contributed by atoms with E-state index in [1.54, 1.807) is 24.3 Å². The minimum Gasteiger partial charge on any atom is -0.486 e. The molecule has 1 heterocycles. The first-order chi connectivity index (χ1) is 13.2. The van der Waals surface area contributed by atoms with Gasteiger partial charge in [0.25, 0.3) is 5.91 Å². The number of Topliss-reactive ketones (excluding diaryl/α,β-unsaturated/α-hetero) is 1. The number of ether oxygens (including phenoxy) is 1. The molecule has 0 radical (unpaired) electrons. The summed E-state index contributed by atoms with van der Waals surface area (Å²) in [6.07, 6.45) is 4.73. The molecule has 5 heteroatoms. The van der Waals surface area contributed by atoms with E-state index in [-0.39, 0.29) is 24.2 Å². The van der Waals surface area contributed by atoms with Crippen LogP contribution in [0.1, 0.15) is 28.8 Å². The van der Waals surface area contributed by atoms with Crippen LogP contribution in [0, 0.1) is 5.92 Å². The summed E-state index contributed by atoms with van der Waals surface area (Å²) in [6, 6.07) is 15.0. The first kappa shape index (κ1) is 17.3. The zero-order valence-electron chi connectivity index (χ0n) is 15.0. The van der Waals surface area contributed by atoms with Crippen molar-refractivity contribution in [2.75, 3.05) is 13.2 Å². The van der Waals surface area contributed by atoms with E-state index < -0.39 is 0 Å². The Morgan fingerprint density at radius 3 is 2.63 bits per heavy atom. The maximum atomic E-state index is 12.3. The molecule has 0 saturated heterocycles. The molecule has 2 N–H and O–H groups in total. The Balaban J connectivity index is 1.27. The van der Waals surface area contributed by atoms with Crippen molar-refractivity contribution in [2.24, 2.45) is 5.92 Å². The lowest BCUT2D eigenvalue weighted by atomic mass is 10.1. The van der Waals surface area contributed by atoms with Gasteiger partial charge in [-0.15, -0.1) is 0 Å². The lowest BCUT2D eigenvalue weighted by Crippen LogP contribution is -2.25. The molecule has 5 nitrogen and oxygen atoms in total. The number of hydrogen-bond donors (Lipinski definition) is 2. The summed E-state index contributed by atoms with van der Waals surface area (Å²) in [6.45, 7) is 0.676. The minimum atomic E-state index is -0.115. The Bertz CT molecular complexity index is 955. The van der Waals surface area contributed by atoms with Crippen LogP contribution in [0.3, 0.4) is 0 Å². The molecule has 27 heavy (non-hydrogen) atoms. The van der Waals surface area contributed by atoms with Crippen LogP contribution < -0.4 is 10.1 Å². The fourth-order valence-electron chi connectivity index (χ4n) is 3.13. The van der Waals surface area contributed by atoms with Crippen molar-refractivity contribution in [3.8, 4) is 5.75 Å². The maximum absolute atomic E-state index is 12.3. The summed E-state index contributed by atoms with van der Waals surface area (Å²) in [7, 11) is 0. The number of H-pyrrole nitrogens is 1. The van der Waals surface area contributed by atoms with Gasteiger partial charge in [0.15, 0.2) is 5.78 Å². The fourth-order valence-corrected chi connectivity index (χ4v) is 3.13. The van der Waals surface area contributed by atoms with Crippen molar-refractivity contribution in [3.63, 3.8) is 0 Å². The quantitative estimate of drug-likeness (QED) is 0.644. The highest BCUT2D eigenvalue weighted by Gasteiger charge is 2.29. The van der Waals surface area contributed by atoms with Crippen molar-refractivity contribution < 1.29 is 14.3 Å². The number of hydrogen-bond acceptors (Lipinski definition) is 3. The van der Waals surface area contributed by atoms with Crippen LogP contribution in [0.15, 0.2) is 54.7 Å². The van der Waals surface area contributed by atoms with Crippen molar-refractivity contribution in [3.05, 3.63) is 65.9 Å². The summed E-state index contributed by atoms with van der Waals surface area (Å²) in [4.78, 5) is 27.2. The smallest absolute Gasteiger partial charge is 0.251 e. The number of para-hydroxylation sites is 1. The molecule has 0 atom stereocenters. The van der Waals surface area contributed by atoms with Gasteiger partial charge in [0, 0.05) is 35.1 Å². The predicted molar refractivity (Wildman–Crippen MR) is 104 cm³/mol. The van der Waals surface area contributed by atoms with Gasteiger partial charge in [0.05, 0.1) is 0 Å². The number of nitrogens with one attached hydrogen (secondary N) is 2. The van der Waals surface area contributed by atoms with Gasteiger partial charge in [0.2, 0.25) is 0 Å². The molecule has 1 aromatic heterocycles. The Morgan fingerprint density at radius 1 is 1.07 bits per heavy atom. The normalized spacial score (nSPS) is 13.5. The molecule has 0 spiro atoms. The molecule has 0 unspecified atom stereocenters. The van der Waals surface area contributed by atoms with Gasteiger partial charge in [0.1, 0.15) is 12.4 Å². The molecule has 1 amide bonds. The second kappa shape index (κ2) is 7.66. The number of benzene rings is 2. The van der Waals surface area contributed by atoms with Gasteiger partial charge in [-0.3, -0.25) is 9.59 Å². The van der Waals surface area contributed by atoms with Gasteiger partial charge in [-0.05, 0) is 55.2 Å². The van der Waals surface area contributed by atoms with Crippen LogP contribution >= 0.6 is 0 Å². The van der Waals surface area contributed by atoms with E-state index in [0.29, 0.717) is 17.9 Å². The molecule has 3 aromatic rings. The van der Waals surface area contributed by atoms with E-state index in [4.69, 9.17) is 4.74 Å². The number of aromatic amines is 1. The highest BCUT2D eigenvalue weighted by Crippen LogP contribution is 2.29.